The number of methoxy groups -OCH3 is 1. The van der Waals surface area contributed by atoms with Gasteiger partial charge in [-0.25, -0.2) is 4.79 Å². The molecule has 1 aliphatic rings. The quantitative estimate of drug-likeness (QED) is 0.743. The smallest absolute Gasteiger partial charge is 0.427 e. The maximum Gasteiger partial charge on any atom is 0.427 e. The summed E-state index contributed by atoms with van der Waals surface area (Å²) >= 11 is 0. The zero-order valence-electron chi connectivity index (χ0n) is 15.4. The molecular formula is C18H23F3N2O4. The molecule has 0 fully saturated rings. The fraction of sp³-hybridized carbons (Fsp3) is 0.556. The second kappa shape index (κ2) is 8.06. The molecule has 27 heavy (non-hydrogen) atoms. The third-order valence-corrected chi connectivity index (χ3v) is 4.46. The van der Waals surface area contributed by atoms with E-state index in [-0.39, 0.29) is 11.9 Å². The molecule has 0 spiro atoms. The van der Waals surface area contributed by atoms with E-state index in [1.165, 1.54) is 7.11 Å². The first-order valence-electron chi connectivity index (χ1n) is 8.52. The summed E-state index contributed by atoms with van der Waals surface area (Å²) in [5, 5.41) is 5.53. The lowest BCUT2D eigenvalue weighted by Gasteiger charge is -2.28. The summed E-state index contributed by atoms with van der Waals surface area (Å²) in [6.07, 6.45) is -4.05. The van der Waals surface area contributed by atoms with Gasteiger partial charge in [0.1, 0.15) is 0 Å². The molecule has 0 saturated heterocycles. The molecule has 2 rings (SSSR count). The number of fused-ring (bicyclic) bond motifs is 1. The molecular weight excluding hydrogens is 365 g/mol. The number of benzene rings is 1. The number of carbonyl (C=O) groups is 2. The van der Waals surface area contributed by atoms with Crippen LogP contribution >= 0.6 is 0 Å². The van der Waals surface area contributed by atoms with Gasteiger partial charge in [0.15, 0.2) is 0 Å². The van der Waals surface area contributed by atoms with Crippen molar-refractivity contribution < 1.29 is 32.2 Å². The van der Waals surface area contributed by atoms with Crippen LogP contribution in [0.15, 0.2) is 18.2 Å². The molecule has 150 valence electrons. The van der Waals surface area contributed by atoms with E-state index in [0.29, 0.717) is 25.1 Å². The van der Waals surface area contributed by atoms with Crippen LogP contribution in [-0.2, 0) is 20.7 Å². The number of amides is 1. The minimum Gasteiger partial charge on any atom is -0.469 e. The highest BCUT2D eigenvalue weighted by Crippen LogP contribution is 2.34. The molecule has 0 bridgehead atoms. The number of carbonyl (C=O) groups excluding carboxylic acids is 2. The van der Waals surface area contributed by atoms with Gasteiger partial charge < -0.3 is 14.8 Å². The van der Waals surface area contributed by atoms with Crippen LogP contribution < -0.4 is 10.6 Å². The van der Waals surface area contributed by atoms with Crippen LogP contribution in [0.5, 0.6) is 0 Å². The first-order chi connectivity index (χ1) is 12.5. The highest BCUT2D eigenvalue weighted by atomic mass is 19.4. The summed E-state index contributed by atoms with van der Waals surface area (Å²) in [5.41, 5.74) is -0.462. The summed E-state index contributed by atoms with van der Waals surface area (Å²) in [4.78, 5) is 23.0. The molecule has 1 aromatic carbocycles. The second-order valence-corrected chi connectivity index (χ2v) is 6.96. The van der Waals surface area contributed by atoms with Crippen LogP contribution in [0.2, 0.25) is 0 Å². The van der Waals surface area contributed by atoms with Crippen LogP contribution in [0.4, 0.5) is 29.3 Å². The third kappa shape index (κ3) is 5.51. The zero-order valence-corrected chi connectivity index (χ0v) is 15.4. The minimum atomic E-state index is -4.67. The SMILES string of the molecule is COC(=O)CCC1CNc2cc(NC(=O)OC(C)(C)C(F)(F)F)ccc2C1. The van der Waals surface area contributed by atoms with E-state index in [0.717, 1.165) is 31.5 Å². The Balaban J connectivity index is 1.95. The van der Waals surface area contributed by atoms with Crippen molar-refractivity contribution in [1.82, 2.24) is 0 Å². The number of nitrogens with one attached hydrogen (secondary N) is 2. The maximum absolute atomic E-state index is 12.8. The van der Waals surface area contributed by atoms with Gasteiger partial charge in [-0.3, -0.25) is 10.1 Å². The van der Waals surface area contributed by atoms with Crippen molar-refractivity contribution in [2.45, 2.75) is 44.9 Å². The highest BCUT2D eigenvalue weighted by Gasteiger charge is 2.50. The Morgan fingerprint density at radius 1 is 1.30 bits per heavy atom. The van der Waals surface area contributed by atoms with Gasteiger partial charge in [0.25, 0.3) is 0 Å². The van der Waals surface area contributed by atoms with Crippen LogP contribution in [0.3, 0.4) is 0 Å². The molecule has 1 aromatic rings. The Morgan fingerprint density at radius 3 is 2.63 bits per heavy atom. The number of alkyl halides is 3. The number of hydrogen-bond acceptors (Lipinski definition) is 5. The Morgan fingerprint density at radius 2 is 2.00 bits per heavy atom. The number of hydrogen-bond donors (Lipinski definition) is 2. The second-order valence-electron chi connectivity index (χ2n) is 6.96. The maximum atomic E-state index is 12.8. The van der Waals surface area contributed by atoms with Gasteiger partial charge >= 0.3 is 18.2 Å². The number of rotatable bonds is 5. The standard InChI is InChI=1S/C18H23F3N2O4/c1-17(2,18(19,20)21)27-16(25)23-13-6-5-12-8-11(4-7-15(24)26-3)10-22-14(12)9-13/h5-6,9,11,22H,4,7-8,10H2,1-3H3,(H,23,25). The lowest BCUT2D eigenvalue weighted by atomic mass is 9.90. The van der Waals surface area contributed by atoms with Crippen molar-refractivity contribution in [2.75, 3.05) is 24.3 Å². The monoisotopic (exact) mass is 388 g/mol. The molecule has 0 saturated carbocycles. The summed E-state index contributed by atoms with van der Waals surface area (Å²) in [6, 6.07) is 5.04. The van der Waals surface area contributed by atoms with E-state index in [4.69, 9.17) is 0 Å². The van der Waals surface area contributed by atoms with Crippen molar-refractivity contribution in [1.29, 1.82) is 0 Å². The minimum absolute atomic E-state index is 0.249. The van der Waals surface area contributed by atoms with Gasteiger partial charge in [-0.2, -0.15) is 13.2 Å². The number of ether oxygens (including phenoxy) is 2. The third-order valence-electron chi connectivity index (χ3n) is 4.46. The molecule has 0 aliphatic carbocycles. The topological polar surface area (TPSA) is 76.7 Å². The Hall–Kier alpha value is -2.45. The predicted octanol–water partition coefficient (Wildman–Crippen LogP) is 4.11. The van der Waals surface area contributed by atoms with Crippen molar-refractivity contribution in [3.05, 3.63) is 23.8 Å². The average molecular weight is 388 g/mol. The molecule has 9 heteroatoms. The summed E-state index contributed by atoms with van der Waals surface area (Å²) in [6.45, 7) is 2.23. The molecule has 1 heterocycles. The fourth-order valence-electron chi connectivity index (χ4n) is 2.70. The fourth-order valence-corrected chi connectivity index (χ4v) is 2.70. The van der Waals surface area contributed by atoms with Crippen LogP contribution in [0, 0.1) is 5.92 Å². The Kier molecular flexibility index (Phi) is 6.22. The van der Waals surface area contributed by atoms with E-state index >= 15 is 0 Å². The van der Waals surface area contributed by atoms with Crippen LogP contribution in [-0.4, -0.2) is 37.5 Å². The predicted molar refractivity (Wildman–Crippen MR) is 93.6 cm³/mol. The first-order valence-corrected chi connectivity index (χ1v) is 8.52. The summed E-state index contributed by atoms with van der Waals surface area (Å²) < 4.78 is 47.5. The van der Waals surface area contributed by atoms with Gasteiger partial charge in [0.2, 0.25) is 5.60 Å². The average Bonchev–Trinajstić information content (AvgIpc) is 2.57. The van der Waals surface area contributed by atoms with Crippen LogP contribution in [0.25, 0.3) is 0 Å². The normalized spacial score (nSPS) is 16.7. The van der Waals surface area contributed by atoms with Gasteiger partial charge in [-0.1, -0.05) is 6.07 Å². The van der Waals surface area contributed by atoms with Gasteiger partial charge in [-0.15, -0.1) is 0 Å². The Bertz CT molecular complexity index is 704. The molecule has 0 aromatic heterocycles. The molecule has 1 aliphatic heterocycles. The van der Waals surface area contributed by atoms with Crippen molar-refractivity contribution in [3.8, 4) is 0 Å². The van der Waals surface area contributed by atoms with Crippen LogP contribution in [0.1, 0.15) is 32.3 Å². The van der Waals surface area contributed by atoms with Crippen molar-refractivity contribution in [3.63, 3.8) is 0 Å². The van der Waals surface area contributed by atoms with Crippen molar-refractivity contribution >= 4 is 23.4 Å². The van der Waals surface area contributed by atoms with E-state index in [2.05, 4.69) is 20.1 Å². The largest absolute Gasteiger partial charge is 0.469 e. The van der Waals surface area contributed by atoms with E-state index in [1.54, 1.807) is 18.2 Å². The van der Waals surface area contributed by atoms with E-state index < -0.39 is 17.9 Å². The van der Waals surface area contributed by atoms with E-state index in [1.807, 2.05) is 0 Å². The van der Waals surface area contributed by atoms with E-state index in [9.17, 15) is 22.8 Å². The molecule has 2 N–H and O–H groups in total. The zero-order chi connectivity index (χ0) is 20.2. The number of halogens is 3. The summed E-state index contributed by atoms with van der Waals surface area (Å²) in [5.74, 6) is 0.0218. The van der Waals surface area contributed by atoms with Crippen molar-refractivity contribution in [2.24, 2.45) is 5.92 Å². The number of esters is 1. The first kappa shape index (κ1) is 20.9. The molecule has 1 unspecified atom stereocenters. The molecule has 1 amide bonds. The molecule has 1 atom stereocenters. The summed E-state index contributed by atoms with van der Waals surface area (Å²) in [7, 11) is 1.35. The Labute approximate surface area is 155 Å². The van der Waals surface area contributed by atoms with Gasteiger partial charge in [0, 0.05) is 24.3 Å². The molecule has 0 radical (unpaired) electrons. The van der Waals surface area contributed by atoms with Gasteiger partial charge in [0.05, 0.1) is 7.11 Å². The molecule has 6 nitrogen and oxygen atoms in total. The number of anilines is 2. The van der Waals surface area contributed by atoms with Gasteiger partial charge in [-0.05, 0) is 50.3 Å². The lowest BCUT2D eigenvalue weighted by molar-refractivity contribution is -0.242. The lowest BCUT2D eigenvalue weighted by Crippen LogP contribution is -2.44. The highest BCUT2D eigenvalue weighted by molar-refractivity contribution is 5.86.